The normalized spacial score (nSPS) is 12.7. The number of hydrogen-bond acceptors (Lipinski definition) is 3. The highest BCUT2D eigenvalue weighted by atomic mass is 19.4. The van der Waals surface area contributed by atoms with Gasteiger partial charge in [-0.25, -0.2) is 4.39 Å². The van der Waals surface area contributed by atoms with Crippen LogP contribution in [0.4, 0.5) is 23.2 Å². The minimum absolute atomic E-state index is 0.0955. The summed E-state index contributed by atoms with van der Waals surface area (Å²) in [6.07, 6.45) is -2.95. The monoisotopic (exact) mass is 412 g/mol. The predicted molar refractivity (Wildman–Crippen MR) is 107 cm³/mol. The molecule has 0 saturated carbocycles. The molecule has 0 aliphatic carbocycles. The maximum Gasteiger partial charge on any atom is 0.416 e. The highest BCUT2D eigenvalue weighted by molar-refractivity contribution is 5.86. The number of phenols is 1. The maximum atomic E-state index is 13.4. The van der Waals surface area contributed by atoms with Crippen molar-refractivity contribution < 1.29 is 22.7 Å². The Balaban J connectivity index is 1.82. The molecule has 3 aromatic carbocycles. The van der Waals surface area contributed by atoms with Gasteiger partial charge < -0.3 is 10.4 Å². The quantitative estimate of drug-likeness (QED) is 0.387. The fraction of sp³-hybridized carbons (Fsp3) is 0.0870. The average Bonchev–Trinajstić information content (AvgIpc) is 2.73. The van der Waals surface area contributed by atoms with Gasteiger partial charge in [0, 0.05) is 22.8 Å². The molecule has 0 saturated heterocycles. The minimum Gasteiger partial charge on any atom is -0.505 e. The van der Waals surface area contributed by atoms with E-state index in [1.165, 1.54) is 36.4 Å². The Kier molecular flexibility index (Phi) is 5.03. The van der Waals surface area contributed by atoms with Crippen molar-refractivity contribution in [3.8, 4) is 5.75 Å². The molecule has 1 unspecified atom stereocenters. The Morgan fingerprint density at radius 1 is 0.900 bits per heavy atom. The van der Waals surface area contributed by atoms with Gasteiger partial charge in [-0.15, -0.1) is 0 Å². The second-order valence-electron chi connectivity index (χ2n) is 6.79. The minimum atomic E-state index is -4.49. The van der Waals surface area contributed by atoms with Gasteiger partial charge in [0.05, 0.1) is 11.6 Å². The number of benzene rings is 3. The van der Waals surface area contributed by atoms with Crippen LogP contribution in [-0.4, -0.2) is 10.1 Å². The number of nitrogens with zero attached hydrogens (tertiary/aromatic N) is 1. The van der Waals surface area contributed by atoms with E-state index < -0.39 is 23.6 Å². The van der Waals surface area contributed by atoms with Crippen LogP contribution in [0.25, 0.3) is 10.9 Å². The van der Waals surface area contributed by atoms with Crippen LogP contribution < -0.4 is 5.32 Å². The van der Waals surface area contributed by atoms with E-state index in [0.717, 1.165) is 17.5 Å². The number of aromatic nitrogens is 1. The lowest BCUT2D eigenvalue weighted by Crippen LogP contribution is -2.14. The van der Waals surface area contributed by atoms with E-state index in [9.17, 15) is 22.7 Å². The van der Waals surface area contributed by atoms with Gasteiger partial charge in [0.15, 0.2) is 0 Å². The van der Waals surface area contributed by atoms with Gasteiger partial charge in [-0.1, -0.05) is 36.4 Å². The van der Waals surface area contributed by atoms with Crippen molar-refractivity contribution in [3.63, 3.8) is 0 Å². The van der Waals surface area contributed by atoms with Gasteiger partial charge in [0.2, 0.25) is 0 Å². The van der Waals surface area contributed by atoms with Crippen molar-refractivity contribution in [1.29, 1.82) is 0 Å². The number of pyridine rings is 1. The van der Waals surface area contributed by atoms with E-state index in [-0.39, 0.29) is 11.4 Å². The Hall–Kier alpha value is -3.61. The molecule has 30 heavy (non-hydrogen) atoms. The Bertz CT molecular complexity index is 1190. The molecule has 152 valence electrons. The van der Waals surface area contributed by atoms with E-state index in [1.54, 1.807) is 30.5 Å². The summed E-state index contributed by atoms with van der Waals surface area (Å²) in [6, 6.07) is 16.6. The molecule has 0 spiro atoms. The maximum absolute atomic E-state index is 13.4. The van der Waals surface area contributed by atoms with Crippen LogP contribution in [-0.2, 0) is 6.18 Å². The van der Waals surface area contributed by atoms with Crippen molar-refractivity contribution in [3.05, 3.63) is 102 Å². The highest BCUT2D eigenvalue weighted by Gasteiger charge is 2.30. The van der Waals surface area contributed by atoms with Gasteiger partial charge in [0.25, 0.3) is 0 Å². The molecule has 1 aromatic heterocycles. The second-order valence-corrected chi connectivity index (χ2v) is 6.79. The molecule has 0 fully saturated rings. The zero-order chi connectivity index (χ0) is 21.3. The fourth-order valence-corrected chi connectivity index (χ4v) is 3.33. The summed E-state index contributed by atoms with van der Waals surface area (Å²) >= 11 is 0. The summed E-state index contributed by atoms with van der Waals surface area (Å²) in [4.78, 5) is 4.20. The first-order chi connectivity index (χ1) is 14.3. The molecule has 7 heteroatoms. The number of phenolic OH excluding ortho intramolecular Hbond substituents is 1. The lowest BCUT2D eigenvalue weighted by molar-refractivity contribution is -0.137. The highest BCUT2D eigenvalue weighted by Crippen LogP contribution is 2.37. The smallest absolute Gasteiger partial charge is 0.416 e. The molecular weight excluding hydrogens is 396 g/mol. The lowest BCUT2D eigenvalue weighted by Gasteiger charge is -2.23. The fourth-order valence-electron chi connectivity index (χ4n) is 3.33. The van der Waals surface area contributed by atoms with E-state index in [2.05, 4.69) is 10.3 Å². The average molecular weight is 412 g/mol. The molecule has 4 rings (SSSR count). The molecule has 4 aromatic rings. The third-order valence-corrected chi connectivity index (χ3v) is 4.79. The molecular formula is C23H16F4N2O. The van der Waals surface area contributed by atoms with Crippen molar-refractivity contribution in [1.82, 2.24) is 4.98 Å². The van der Waals surface area contributed by atoms with Gasteiger partial charge in [-0.2, -0.15) is 13.2 Å². The first-order valence-electron chi connectivity index (χ1n) is 9.09. The SMILES string of the molecule is Oc1c(C(Nc2cccc(C(F)(F)F)c2)c2ccc(F)cc2)ccc2cccnc12. The number of fused-ring (bicyclic) bond motifs is 1. The molecule has 0 bridgehead atoms. The van der Waals surface area contributed by atoms with Crippen LogP contribution in [0.5, 0.6) is 5.75 Å². The van der Waals surface area contributed by atoms with E-state index in [1.807, 2.05) is 0 Å². The molecule has 1 atom stereocenters. The Morgan fingerprint density at radius 3 is 2.40 bits per heavy atom. The molecule has 0 aliphatic heterocycles. The summed E-state index contributed by atoms with van der Waals surface area (Å²) in [5.74, 6) is -0.539. The number of anilines is 1. The van der Waals surface area contributed by atoms with Crippen LogP contribution in [0.15, 0.2) is 79.0 Å². The van der Waals surface area contributed by atoms with Crippen LogP contribution in [0, 0.1) is 5.82 Å². The summed E-state index contributed by atoms with van der Waals surface area (Å²) in [6.45, 7) is 0. The van der Waals surface area contributed by atoms with Crippen LogP contribution in [0.3, 0.4) is 0 Å². The summed E-state index contributed by atoms with van der Waals surface area (Å²) in [5.41, 5.74) is 0.756. The first kappa shape index (κ1) is 19.7. The van der Waals surface area contributed by atoms with E-state index >= 15 is 0 Å². The lowest BCUT2D eigenvalue weighted by atomic mass is 9.95. The summed E-state index contributed by atoms with van der Waals surface area (Å²) < 4.78 is 52.8. The number of hydrogen-bond donors (Lipinski definition) is 2. The predicted octanol–water partition coefficient (Wildman–Crippen LogP) is 6.30. The Morgan fingerprint density at radius 2 is 1.67 bits per heavy atom. The number of alkyl halides is 3. The largest absolute Gasteiger partial charge is 0.505 e. The standard InChI is InChI=1S/C23H16F4N2O/c24-17-9-6-15(7-10-17)20(29-18-5-1-4-16(13-18)23(25,26)27)19-11-8-14-3-2-12-28-21(14)22(19)30/h1-13,20,29-30H. The topological polar surface area (TPSA) is 45.1 Å². The molecule has 2 N–H and O–H groups in total. The van der Waals surface area contributed by atoms with E-state index in [0.29, 0.717) is 16.6 Å². The zero-order valence-electron chi connectivity index (χ0n) is 15.5. The van der Waals surface area contributed by atoms with Crippen LogP contribution >= 0.6 is 0 Å². The van der Waals surface area contributed by atoms with Crippen molar-refractivity contribution in [2.75, 3.05) is 5.32 Å². The molecule has 0 aliphatic rings. The number of aromatic hydroxyl groups is 1. The molecule has 0 radical (unpaired) electrons. The summed E-state index contributed by atoms with van der Waals surface area (Å²) in [7, 11) is 0. The second kappa shape index (κ2) is 7.67. The molecule has 3 nitrogen and oxygen atoms in total. The Labute approximate surface area is 169 Å². The van der Waals surface area contributed by atoms with Gasteiger partial charge in [0.1, 0.15) is 17.1 Å². The third kappa shape index (κ3) is 3.91. The molecule has 1 heterocycles. The van der Waals surface area contributed by atoms with Crippen molar-refractivity contribution in [2.45, 2.75) is 12.2 Å². The van der Waals surface area contributed by atoms with Gasteiger partial charge in [-0.3, -0.25) is 4.98 Å². The zero-order valence-corrected chi connectivity index (χ0v) is 15.5. The number of halogens is 4. The van der Waals surface area contributed by atoms with E-state index in [4.69, 9.17) is 0 Å². The first-order valence-corrected chi connectivity index (χ1v) is 9.09. The van der Waals surface area contributed by atoms with Gasteiger partial charge >= 0.3 is 6.18 Å². The summed E-state index contributed by atoms with van der Waals surface area (Å²) in [5, 5.41) is 14.6. The number of nitrogens with one attached hydrogen (secondary N) is 1. The molecule has 0 amide bonds. The third-order valence-electron chi connectivity index (χ3n) is 4.79. The number of rotatable bonds is 4. The van der Waals surface area contributed by atoms with Crippen LogP contribution in [0.2, 0.25) is 0 Å². The van der Waals surface area contributed by atoms with Crippen molar-refractivity contribution in [2.24, 2.45) is 0 Å². The van der Waals surface area contributed by atoms with Crippen molar-refractivity contribution >= 4 is 16.6 Å². The van der Waals surface area contributed by atoms with Gasteiger partial charge in [-0.05, 0) is 42.0 Å². The van der Waals surface area contributed by atoms with Crippen LogP contribution in [0.1, 0.15) is 22.7 Å².